The number of aromatic amines is 1. The summed E-state index contributed by atoms with van der Waals surface area (Å²) >= 11 is 0. The van der Waals surface area contributed by atoms with E-state index in [1.54, 1.807) is 30.3 Å². The maximum atomic E-state index is 12.5. The van der Waals surface area contributed by atoms with Gasteiger partial charge in [0.25, 0.3) is 5.91 Å². The monoisotopic (exact) mass is 394 g/mol. The van der Waals surface area contributed by atoms with E-state index in [0.717, 1.165) is 22.2 Å². The molecule has 0 aliphatic carbocycles. The van der Waals surface area contributed by atoms with Crippen LogP contribution in [0.5, 0.6) is 11.5 Å². The zero-order valence-corrected chi connectivity index (χ0v) is 16.5. The van der Waals surface area contributed by atoms with Gasteiger partial charge in [0.2, 0.25) is 0 Å². The molecule has 0 spiro atoms. The summed E-state index contributed by atoms with van der Waals surface area (Å²) in [4.78, 5) is 28.2. The van der Waals surface area contributed by atoms with Crippen LogP contribution in [0.1, 0.15) is 28.5 Å². The second-order valence-corrected chi connectivity index (χ2v) is 7.03. The topological polar surface area (TPSA) is 89.7 Å². The molecule has 0 saturated carbocycles. The molecule has 0 fully saturated rings. The third-order valence-corrected chi connectivity index (χ3v) is 5.01. The zero-order chi connectivity index (χ0) is 20.5. The van der Waals surface area contributed by atoms with Crippen LogP contribution in [0.2, 0.25) is 0 Å². The van der Waals surface area contributed by atoms with Crippen molar-refractivity contribution in [2.24, 2.45) is 0 Å². The van der Waals surface area contributed by atoms with Gasteiger partial charge in [-0.25, -0.2) is 4.79 Å². The summed E-state index contributed by atoms with van der Waals surface area (Å²) in [7, 11) is 0. The summed E-state index contributed by atoms with van der Waals surface area (Å²) in [5.41, 5.74) is 4.04. The summed E-state index contributed by atoms with van der Waals surface area (Å²) in [5.74, 6) is 0.239. The van der Waals surface area contributed by atoms with Gasteiger partial charge in [0.15, 0.2) is 17.6 Å². The Morgan fingerprint density at radius 2 is 1.83 bits per heavy atom. The molecule has 0 radical (unpaired) electrons. The Hall–Kier alpha value is -3.48. The van der Waals surface area contributed by atoms with Crippen molar-refractivity contribution in [1.29, 1.82) is 0 Å². The van der Waals surface area contributed by atoms with Gasteiger partial charge in [0.05, 0.1) is 5.56 Å². The number of aryl methyl sites for hydroxylation is 2. The Balaban J connectivity index is 1.43. The number of fused-ring (bicyclic) bond motifs is 2. The molecule has 2 heterocycles. The molecule has 29 heavy (non-hydrogen) atoms. The number of ether oxygens (including phenoxy) is 3. The van der Waals surface area contributed by atoms with Crippen LogP contribution in [-0.4, -0.2) is 36.2 Å². The Morgan fingerprint density at radius 1 is 1.07 bits per heavy atom. The molecule has 2 N–H and O–H groups in total. The predicted molar refractivity (Wildman–Crippen MR) is 109 cm³/mol. The van der Waals surface area contributed by atoms with Crippen molar-refractivity contribution in [2.75, 3.05) is 18.5 Å². The number of aromatic nitrogens is 1. The summed E-state index contributed by atoms with van der Waals surface area (Å²) in [5, 5.41) is 3.70. The number of rotatable bonds is 4. The number of benzene rings is 2. The fraction of sp³-hybridized carbons (Fsp3) is 0.273. The summed E-state index contributed by atoms with van der Waals surface area (Å²) in [6, 6.07) is 10.4. The highest BCUT2D eigenvalue weighted by molar-refractivity contribution is 5.99. The Bertz CT molecular complexity index is 1100. The molecule has 1 amide bonds. The van der Waals surface area contributed by atoms with Gasteiger partial charge in [-0.3, -0.25) is 4.79 Å². The van der Waals surface area contributed by atoms with E-state index < -0.39 is 18.0 Å². The Morgan fingerprint density at radius 3 is 2.62 bits per heavy atom. The standard InChI is InChI=1S/C22H22N2O5/c1-12-13(2)23-18-6-4-15(10-17(12)18)22(26)29-14(3)21(25)24-16-5-7-19-20(11-16)28-9-8-27-19/h4-7,10-11,14,23H,8-9H2,1-3H3,(H,24,25)/t14-/m0/s1. The van der Waals surface area contributed by atoms with Crippen LogP contribution in [0.15, 0.2) is 36.4 Å². The number of hydrogen-bond acceptors (Lipinski definition) is 5. The van der Waals surface area contributed by atoms with E-state index in [9.17, 15) is 9.59 Å². The predicted octanol–water partition coefficient (Wildman–Crippen LogP) is 3.74. The number of amides is 1. The average Bonchev–Trinajstić information content (AvgIpc) is 3.01. The molecule has 7 heteroatoms. The van der Waals surface area contributed by atoms with Crippen molar-refractivity contribution >= 4 is 28.5 Å². The van der Waals surface area contributed by atoms with Gasteiger partial charge in [-0.15, -0.1) is 0 Å². The molecule has 0 saturated heterocycles. The molecule has 4 rings (SSSR count). The zero-order valence-electron chi connectivity index (χ0n) is 16.5. The van der Waals surface area contributed by atoms with Crippen LogP contribution >= 0.6 is 0 Å². The largest absolute Gasteiger partial charge is 0.486 e. The maximum Gasteiger partial charge on any atom is 0.338 e. The molecule has 1 aromatic heterocycles. The third-order valence-electron chi connectivity index (χ3n) is 5.01. The molecule has 1 aliphatic rings. The summed E-state index contributed by atoms with van der Waals surface area (Å²) in [6.07, 6.45) is -0.958. The quantitative estimate of drug-likeness (QED) is 0.658. The lowest BCUT2D eigenvalue weighted by molar-refractivity contribution is -0.123. The van der Waals surface area contributed by atoms with Gasteiger partial charge in [-0.1, -0.05) is 0 Å². The van der Waals surface area contributed by atoms with Crippen molar-refractivity contribution in [3.8, 4) is 11.5 Å². The van der Waals surface area contributed by atoms with E-state index in [2.05, 4.69) is 10.3 Å². The molecule has 2 aromatic carbocycles. The first-order valence-corrected chi connectivity index (χ1v) is 9.43. The van der Waals surface area contributed by atoms with Crippen LogP contribution in [0.25, 0.3) is 10.9 Å². The van der Waals surface area contributed by atoms with Gasteiger partial charge < -0.3 is 24.5 Å². The minimum absolute atomic E-state index is 0.401. The fourth-order valence-corrected chi connectivity index (χ4v) is 3.24. The molecule has 150 valence electrons. The number of hydrogen-bond donors (Lipinski definition) is 2. The van der Waals surface area contributed by atoms with E-state index in [1.165, 1.54) is 6.92 Å². The summed E-state index contributed by atoms with van der Waals surface area (Å²) < 4.78 is 16.3. The minimum Gasteiger partial charge on any atom is -0.486 e. The smallest absolute Gasteiger partial charge is 0.338 e. The number of esters is 1. The van der Waals surface area contributed by atoms with Gasteiger partial charge in [-0.2, -0.15) is 0 Å². The second kappa shape index (κ2) is 7.50. The highest BCUT2D eigenvalue weighted by Crippen LogP contribution is 2.32. The van der Waals surface area contributed by atoms with E-state index >= 15 is 0 Å². The SMILES string of the molecule is Cc1[nH]c2ccc(C(=O)O[C@@H](C)C(=O)Nc3ccc4c(c3)OCCO4)cc2c1C. The molecule has 3 aromatic rings. The first kappa shape index (κ1) is 18.9. The van der Waals surface area contributed by atoms with Gasteiger partial charge in [0.1, 0.15) is 13.2 Å². The third kappa shape index (κ3) is 3.76. The highest BCUT2D eigenvalue weighted by atomic mass is 16.6. The Labute approximate surface area is 168 Å². The van der Waals surface area contributed by atoms with Crippen LogP contribution in [0, 0.1) is 13.8 Å². The second-order valence-electron chi connectivity index (χ2n) is 7.03. The van der Waals surface area contributed by atoms with Crippen LogP contribution in [0.4, 0.5) is 5.69 Å². The number of anilines is 1. The lowest BCUT2D eigenvalue weighted by Gasteiger charge is -2.19. The van der Waals surface area contributed by atoms with E-state index in [4.69, 9.17) is 14.2 Å². The van der Waals surface area contributed by atoms with Crippen LogP contribution in [-0.2, 0) is 9.53 Å². The van der Waals surface area contributed by atoms with E-state index in [0.29, 0.717) is 36.0 Å². The van der Waals surface area contributed by atoms with Crippen LogP contribution in [0.3, 0.4) is 0 Å². The van der Waals surface area contributed by atoms with Crippen LogP contribution < -0.4 is 14.8 Å². The first-order valence-electron chi connectivity index (χ1n) is 9.43. The van der Waals surface area contributed by atoms with E-state index in [1.807, 2.05) is 19.9 Å². The molecular formula is C22H22N2O5. The van der Waals surface area contributed by atoms with Gasteiger partial charge >= 0.3 is 5.97 Å². The number of nitrogens with one attached hydrogen (secondary N) is 2. The lowest BCUT2D eigenvalue weighted by atomic mass is 10.1. The van der Waals surface area contributed by atoms with E-state index in [-0.39, 0.29) is 0 Å². The lowest BCUT2D eigenvalue weighted by Crippen LogP contribution is -2.30. The van der Waals surface area contributed by atoms with Gasteiger partial charge in [0, 0.05) is 28.4 Å². The normalized spacial score (nSPS) is 13.8. The van der Waals surface area contributed by atoms with Crippen molar-refractivity contribution in [2.45, 2.75) is 26.9 Å². The minimum atomic E-state index is -0.958. The first-order chi connectivity index (χ1) is 13.9. The van der Waals surface area contributed by atoms with Crippen molar-refractivity contribution in [1.82, 2.24) is 4.98 Å². The number of carbonyl (C=O) groups is 2. The van der Waals surface area contributed by atoms with Gasteiger partial charge in [-0.05, 0) is 56.7 Å². The molecule has 0 unspecified atom stereocenters. The van der Waals surface area contributed by atoms with Crippen molar-refractivity contribution in [3.63, 3.8) is 0 Å². The molecule has 1 aliphatic heterocycles. The number of H-pyrrole nitrogens is 1. The number of carbonyl (C=O) groups excluding carboxylic acids is 2. The molecular weight excluding hydrogens is 372 g/mol. The molecule has 0 bridgehead atoms. The maximum absolute atomic E-state index is 12.5. The van der Waals surface area contributed by atoms with Crippen molar-refractivity contribution < 1.29 is 23.8 Å². The summed E-state index contributed by atoms with van der Waals surface area (Å²) in [6.45, 7) is 6.47. The van der Waals surface area contributed by atoms with Crippen molar-refractivity contribution in [3.05, 3.63) is 53.2 Å². The average molecular weight is 394 g/mol. The Kier molecular flexibility index (Phi) is 4.88. The molecule has 1 atom stereocenters. The fourth-order valence-electron chi connectivity index (χ4n) is 3.24. The molecule has 7 nitrogen and oxygen atoms in total. The highest BCUT2D eigenvalue weighted by Gasteiger charge is 2.21.